The third-order valence-electron chi connectivity index (χ3n) is 2.45. The maximum Gasteiger partial charge on any atom is 0.309 e. The summed E-state index contributed by atoms with van der Waals surface area (Å²) >= 11 is -2.48. The summed E-state index contributed by atoms with van der Waals surface area (Å²) in [6, 6.07) is 9.34. The van der Waals surface area contributed by atoms with Crippen LogP contribution in [0.5, 0.6) is 0 Å². The fourth-order valence-corrected chi connectivity index (χ4v) is 2.44. The van der Waals surface area contributed by atoms with E-state index in [4.69, 9.17) is 4.55 Å². The van der Waals surface area contributed by atoms with Gasteiger partial charge in [0, 0.05) is 5.56 Å². The Morgan fingerprint density at radius 3 is 2.33 bits per heavy atom. The molecule has 18 heavy (non-hydrogen) atoms. The molecular formula is C12H18F2NO2S+. The van der Waals surface area contributed by atoms with E-state index in [1.807, 2.05) is 30.3 Å². The minimum atomic E-state index is -3.14. The fourth-order valence-electron chi connectivity index (χ4n) is 1.99. The third-order valence-corrected chi connectivity index (χ3v) is 3.12. The first-order valence-corrected chi connectivity index (χ1v) is 6.79. The largest absolute Gasteiger partial charge is 0.320 e. The lowest BCUT2D eigenvalue weighted by molar-refractivity contribution is -0.910. The molecule has 0 amide bonds. The fraction of sp³-hybridized carbons (Fsp3) is 0.500. The van der Waals surface area contributed by atoms with Crippen LogP contribution in [-0.4, -0.2) is 45.6 Å². The molecule has 0 saturated heterocycles. The van der Waals surface area contributed by atoms with E-state index in [0.717, 1.165) is 5.56 Å². The number of halogens is 2. The monoisotopic (exact) mass is 278 g/mol. The highest BCUT2D eigenvalue weighted by Crippen LogP contribution is 2.21. The van der Waals surface area contributed by atoms with Gasteiger partial charge in [0.05, 0.1) is 14.1 Å². The van der Waals surface area contributed by atoms with Crippen LogP contribution in [0.1, 0.15) is 5.56 Å². The van der Waals surface area contributed by atoms with Crippen molar-refractivity contribution in [2.45, 2.75) is 12.5 Å². The van der Waals surface area contributed by atoms with Crippen LogP contribution in [0.15, 0.2) is 30.3 Å². The number of hydrogen-bond donors (Lipinski definition) is 1. The predicted octanol–water partition coefficient (Wildman–Crippen LogP) is 2.12. The Balaban J connectivity index is 2.67. The molecule has 0 bridgehead atoms. The van der Waals surface area contributed by atoms with Gasteiger partial charge >= 0.3 is 5.92 Å². The maximum absolute atomic E-state index is 13.5. The molecule has 1 unspecified atom stereocenters. The van der Waals surface area contributed by atoms with E-state index in [1.54, 1.807) is 14.1 Å². The molecule has 0 aliphatic rings. The summed E-state index contributed by atoms with van der Waals surface area (Å²) in [6.07, 6.45) is 0. The zero-order chi connectivity index (χ0) is 13.8. The highest BCUT2D eigenvalue weighted by molar-refractivity contribution is 7.79. The van der Waals surface area contributed by atoms with Crippen LogP contribution in [0, 0.1) is 0 Å². The van der Waals surface area contributed by atoms with Crippen molar-refractivity contribution < 1.29 is 22.0 Å². The molecular weight excluding hydrogens is 260 g/mol. The van der Waals surface area contributed by atoms with Gasteiger partial charge in [-0.15, -0.1) is 0 Å². The number of hydrogen-bond acceptors (Lipinski definition) is 1. The van der Waals surface area contributed by atoms with Gasteiger partial charge in [-0.2, -0.15) is 8.78 Å². The average Bonchev–Trinajstić information content (AvgIpc) is 2.13. The second kappa shape index (κ2) is 5.86. The highest BCUT2D eigenvalue weighted by Gasteiger charge is 2.39. The number of quaternary nitrogens is 1. The minimum Gasteiger partial charge on any atom is -0.320 e. The lowest BCUT2D eigenvalue weighted by atomic mass is 10.2. The molecule has 0 fully saturated rings. The van der Waals surface area contributed by atoms with Gasteiger partial charge in [0.2, 0.25) is 0 Å². The predicted molar refractivity (Wildman–Crippen MR) is 67.7 cm³/mol. The average molecular weight is 278 g/mol. The molecule has 0 radical (unpaired) electrons. The quantitative estimate of drug-likeness (QED) is 0.639. The molecule has 3 nitrogen and oxygen atoms in total. The van der Waals surface area contributed by atoms with E-state index in [1.165, 1.54) is 0 Å². The molecule has 6 heteroatoms. The second-order valence-electron chi connectivity index (χ2n) is 5.06. The van der Waals surface area contributed by atoms with Gasteiger partial charge in [-0.1, -0.05) is 30.3 Å². The van der Waals surface area contributed by atoms with Gasteiger partial charge in [-0.3, -0.25) is 0 Å². The Hall–Kier alpha value is -0.850. The van der Waals surface area contributed by atoms with Crippen molar-refractivity contribution in [2.24, 2.45) is 0 Å². The zero-order valence-electron chi connectivity index (χ0n) is 10.5. The van der Waals surface area contributed by atoms with Gasteiger partial charge in [-0.25, -0.2) is 4.21 Å². The Bertz CT molecular complexity index is 410. The van der Waals surface area contributed by atoms with E-state index in [-0.39, 0.29) is 4.48 Å². The number of nitrogens with zero attached hydrogens (tertiary/aromatic N) is 1. The van der Waals surface area contributed by atoms with E-state index >= 15 is 0 Å². The molecule has 0 aliphatic heterocycles. The summed E-state index contributed by atoms with van der Waals surface area (Å²) in [7, 11) is 3.36. The first-order chi connectivity index (χ1) is 8.20. The summed E-state index contributed by atoms with van der Waals surface area (Å²) in [5, 5.41) is 0. The van der Waals surface area contributed by atoms with E-state index < -0.39 is 29.3 Å². The van der Waals surface area contributed by atoms with Crippen LogP contribution in [0.2, 0.25) is 0 Å². The molecule has 0 heterocycles. The first-order valence-electron chi connectivity index (χ1n) is 5.51. The summed E-state index contributed by atoms with van der Waals surface area (Å²) in [5.41, 5.74) is 0.962. The Morgan fingerprint density at radius 1 is 1.28 bits per heavy atom. The summed E-state index contributed by atoms with van der Waals surface area (Å²) in [6.45, 7) is -0.0112. The maximum atomic E-state index is 13.5. The van der Waals surface area contributed by atoms with E-state index in [9.17, 15) is 13.0 Å². The number of rotatable bonds is 6. The molecule has 1 aromatic rings. The van der Waals surface area contributed by atoms with Crippen molar-refractivity contribution in [3.8, 4) is 0 Å². The van der Waals surface area contributed by atoms with Crippen molar-refractivity contribution >= 4 is 11.1 Å². The third kappa shape index (κ3) is 5.66. The molecule has 102 valence electrons. The molecule has 1 N–H and O–H groups in total. The number of alkyl halides is 2. The van der Waals surface area contributed by atoms with Crippen molar-refractivity contribution in [3.05, 3.63) is 35.9 Å². The van der Waals surface area contributed by atoms with Gasteiger partial charge in [0.15, 0.2) is 11.1 Å². The molecule has 0 saturated carbocycles. The topological polar surface area (TPSA) is 37.3 Å². The van der Waals surface area contributed by atoms with Gasteiger partial charge in [0.1, 0.15) is 18.8 Å². The Morgan fingerprint density at radius 2 is 1.83 bits per heavy atom. The van der Waals surface area contributed by atoms with Crippen LogP contribution < -0.4 is 0 Å². The molecule has 1 atom stereocenters. The van der Waals surface area contributed by atoms with Crippen LogP contribution in [-0.2, 0) is 17.6 Å². The van der Waals surface area contributed by atoms with Gasteiger partial charge in [-0.05, 0) is 0 Å². The normalized spacial score (nSPS) is 14.5. The van der Waals surface area contributed by atoms with Crippen molar-refractivity contribution in [1.82, 2.24) is 0 Å². The van der Waals surface area contributed by atoms with Gasteiger partial charge in [0.25, 0.3) is 0 Å². The second-order valence-corrected chi connectivity index (χ2v) is 5.99. The molecule has 1 aromatic carbocycles. The van der Waals surface area contributed by atoms with E-state index in [0.29, 0.717) is 6.54 Å². The SMILES string of the molecule is C[N+](C)(Cc1ccccc1)CC(F)(F)CS(=O)O. The van der Waals surface area contributed by atoms with Crippen molar-refractivity contribution in [3.63, 3.8) is 0 Å². The molecule has 1 rings (SSSR count). The summed E-state index contributed by atoms with van der Waals surface area (Å²) < 4.78 is 46.1. The summed E-state index contributed by atoms with van der Waals surface area (Å²) in [5.74, 6) is -4.15. The van der Waals surface area contributed by atoms with Gasteiger partial charge < -0.3 is 9.04 Å². The highest BCUT2D eigenvalue weighted by atomic mass is 32.2. The van der Waals surface area contributed by atoms with Crippen LogP contribution >= 0.6 is 0 Å². The lowest BCUT2D eigenvalue weighted by Gasteiger charge is -2.33. The van der Waals surface area contributed by atoms with Crippen LogP contribution in [0.3, 0.4) is 0 Å². The van der Waals surface area contributed by atoms with E-state index in [2.05, 4.69) is 0 Å². The van der Waals surface area contributed by atoms with Crippen LogP contribution in [0.25, 0.3) is 0 Å². The minimum absolute atomic E-state index is 0.0637. The zero-order valence-corrected chi connectivity index (χ0v) is 11.3. The van der Waals surface area contributed by atoms with Crippen molar-refractivity contribution in [1.29, 1.82) is 0 Å². The van der Waals surface area contributed by atoms with Crippen LogP contribution in [0.4, 0.5) is 8.78 Å². The van der Waals surface area contributed by atoms with Crippen molar-refractivity contribution in [2.75, 3.05) is 26.4 Å². The standard InChI is InChI=1S/C12H17F2NO2S/c1-15(2,8-11-6-4-3-5-7-11)9-12(13,14)10-18(16)17/h3-7H,8-10H2,1-2H3/p+1. The Labute approximate surface area is 108 Å². The molecule has 0 spiro atoms. The summed E-state index contributed by atoms with van der Waals surface area (Å²) in [4.78, 5) is 0. The lowest BCUT2D eigenvalue weighted by Crippen LogP contribution is -2.49. The molecule has 0 aliphatic carbocycles. The number of benzene rings is 1. The smallest absolute Gasteiger partial charge is 0.309 e. The Kier molecular flexibility index (Phi) is 4.95. The molecule has 0 aromatic heterocycles. The first kappa shape index (κ1) is 15.2.